The second-order valence-electron chi connectivity index (χ2n) is 5.09. The van der Waals surface area contributed by atoms with Gasteiger partial charge < -0.3 is 5.11 Å². The maximum atomic E-state index is 10.1. The first-order valence-corrected chi connectivity index (χ1v) is 6.33. The molecule has 1 aromatic carbocycles. The van der Waals surface area contributed by atoms with Gasteiger partial charge in [0, 0.05) is 19.1 Å². The molecule has 1 N–H and O–H groups in total. The van der Waals surface area contributed by atoms with Crippen LogP contribution in [0.5, 0.6) is 0 Å². The minimum Gasteiger partial charge on any atom is -0.391 e. The highest BCUT2D eigenvalue weighted by Crippen LogP contribution is 2.30. The van der Waals surface area contributed by atoms with Gasteiger partial charge in [-0.3, -0.25) is 4.90 Å². The van der Waals surface area contributed by atoms with Crippen LogP contribution >= 0.6 is 0 Å². The summed E-state index contributed by atoms with van der Waals surface area (Å²) in [5.41, 5.74) is 2.89. The van der Waals surface area contributed by atoms with Crippen molar-refractivity contribution >= 4 is 0 Å². The Bertz CT molecular complexity index is 352. The van der Waals surface area contributed by atoms with Gasteiger partial charge in [0.15, 0.2) is 0 Å². The topological polar surface area (TPSA) is 23.5 Å². The summed E-state index contributed by atoms with van der Waals surface area (Å²) in [5.74, 6) is 0. The minimum atomic E-state index is -0.108. The lowest BCUT2D eigenvalue weighted by atomic mass is 9.91. The number of aliphatic hydroxyl groups excluding tert-OH is 1. The molecule has 1 saturated carbocycles. The summed E-state index contributed by atoms with van der Waals surface area (Å²) in [6.07, 6.45) is 4.50. The van der Waals surface area contributed by atoms with Crippen molar-refractivity contribution in [2.75, 3.05) is 0 Å². The van der Waals surface area contributed by atoms with Crippen LogP contribution in [0.1, 0.15) is 36.8 Å². The molecule has 1 fully saturated rings. The smallest absolute Gasteiger partial charge is 0.0695 e. The molecule has 0 spiro atoms. The average Bonchev–Trinajstić information content (AvgIpc) is 2.73. The predicted molar refractivity (Wildman–Crippen MR) is 64.0 cm³/mol. The molecule has 2 atom stereocenters. The van der Waals surface area contributed by atoms with Gasteiger partial charge in [-0.05, 0) is 24.0 Å². The zero-order valence-corrected chi connectivity index (χ0v) is 9.60. The van der Waals surface area contributed by atoms with E-state index < -0.39 is 0 Å². The predicted octanol–water partition coefficient (Wildman–Crippen LogP) is 2.31. The maximum absolute atomic E-state index is 10.1. The van der Waals surface area contributed by atoms with Crippen LogP contribution in [0.3, 0.4) is 0 Å². The number of fused-ring (bicyclic) bond motifs is 1. The molecule has 0 saturated heterocycles. The van der Waals surface area contributed by atoms with Crippen molar-refractivity contribution < 1.29 is 5.11 Å². The molecule has 0 bridgehead atoms. The van der Waals surface area contributed by atoms with Crippen molar-refractivity contribution in [2.45, 2.75) is 50.9 Å². The van der Waals surface area contributed by atoms with Crippen LogP contribution in [0, 0.1) is 0 Å². The Morgan fingerprint density at radius 2 is 1.62 bits per heavy atom. The summed E-state index contributed by atoms with van der Waals surface area (Å²) < 4.78 is 0. The molecule has 1 aromatic rings. The summed E-state index contributed by atoms with van der Waals surface area (Å²) in [4.78, 5) is 2.45. The number of aliphatic hydroxyl groups is 1. The number of rotatable bonds is 1. The van der Waals surface area contributed by atoms with Gasteiger partial charge >= 0.3 is 0 Å². The Balaban J connectivity index is 1.75. The standard InChI is InChI=1S/C14H19NO/c16-14-8-4-3-7-13(14)15-9-11-5-1-2-6-12(11)10-15/h1-2,5-6,13-14,16H,3-4,7-10H2/t13-,14-/m0/s1. The van der Waals surface area contributed by atoms with Crippen molar-refractivity contribution in [3.05, 3.63) is 35.4 Å². The average molecular weight is 217 g/mol. The minimum absolute atomic E-state index is 0.108. The SMILES string of the molecule is O[C@H]1CCCC[C@@H]1N1Cc2ccccc2C1. The summed E-state index contributed by atoms with van der Waals surface area (Å²) in [5, 5.41) is 10.1. The van der Waals surface area contributed by atoms with E-state index in [1.165, 1.54) is 24.0 Å². The molecule has 0 unspecified atom stereocenters. The molecule has 86 valence electrons. The van der Waals surface area contributed by atoms with Crippen molar-refractivity contribution in [3.8, 4) is 0 Å². The van der Waals surface area contributed by atoms with E-state index in [4.69, 9.17) is 0 Å². The molecule has 1 heterocycles. The molecular weight excluding hydrogens is 198 g/mol. The summed E-state index contributed by atoms with van der Waals surface area (Å²) in [7, 11) is 0. The van der Waals surface area contributed by atoms with Crippen LogP contribution in [0.15, 0.2) is 24.3 Å². The van der Waals surface area contributed by atoms with Crippen LogP contribution in [0.4, 0.5) is 0 Å². The second kappa shape index (κ2) is 4.19. The fraction of sp³-hybridized carbons (Fsp3) is 0.571. The number of hydrogen-bond acceptors (Lipinski definition) is 2. The van der Waals surface area contributed by atoms with Crippen molar-refractivity contribution in [3.63, 3.8) is 0 Å². The second-order valence-corrected chi connectivity index (χ2v) is 5.09. The van der Waals surface area contributed by atoms with E-state index in [9.17, 15) is 5.11 Å². The molecule has 0 aromatic heterocycles. The van der Waals surface area contributed by atoms with Gasteiger partial charge in [0.2, 0.25) is 0 Å². The van der Waals surface area contributed by atoms with E-state index in [1.54, 1.807) is 0 Å². The number of hydrogen-bond donors (Lipinski definition) is 1. The van der Waals surface area contributed by atoms with Gasteiger partial charge in [0.25, 0.3) is 0 Å². The van der Waals surface area contributed by atoms with Crippen LogP contribution in [-0.4, -0.2) is 22.2 Å². The molecule has 2 heteroatoms. The highest BCUT2D eigenvalue weighted by molar-refractivity contribution is 5.30. The summed E-state index contributed by atoms with van der Waals surface area (Å²) in [6.45, 7) is 2.05. The van der Waals surface area contributed by atoms with E-state index in [1.807, 2.05) is 0 Å². The van der Waals surface area contributed by atoms with Crippen molar-refractivity contribution in [1.82, 2.24) is 4.90 Å². The molecule has 0 amide bonds. The summed E-state index contributed by atoms with van der Waals surface area (Å²) in [6, 6.07) is 9.04. The third-order valence-corrected chi connectivity index (χ3v) is 4.03. The maximum Gasteiger partial charge on any atom is 0.0695 e. The van der Waals surface area contributed by atoms with Crippen LogP contribution in [0.25, 0.3) is 0 Å². The van der Waals surface area contributed by atoms with E-state index in [-0.39, 0.29) is 6.10 Å². The Labute approximate surface area is 96.9 Å². The molecule has 2 nitrogen and oxygen atoms in total. The normalized spacial score (nSPS) is 30.3. The molecule has 16 heavy (non-hydrogen) atoms. The zero-order chi connectivity index (χ0) is 11.0. The molecule has 2 aliphatic rings. The highest BCUT2D eigenvalue weighted by atomic mass is 16.3. The Hall–Kier alpha value is -0.860. The highest BCUT2D eigenvalue weighted by Gasteiger charge is 2.31. The molecule has 3 rings (SSSR count). The first-order chi connectivity index (χ1) is 7.84. The van der Waals surface area contributed by atoms with E-state index in [0.717, 1.165) is 25.9 Å². The Morgan fingerprint density at radius 1 is 1.00 bits per heavy atom. The van der Waals surface area contributed by atoms with Crippen molar-refractivity contribution in [1.29, 1.82) is 0 Å². The third kappa shape index (κ3) is 1.76. The lowest BCUT2D eigenvalue weighted by molar-refractivity contribution is 0.0177. The molecule has 1 aliphatic carbocycles. The van der Waals surface area contributed by atoms with Crippen molar-refractivity contribution in [2.24, 2.45) is 0 Å². The first-order valence-electron chi connectivity index (χ1n) is 6.33. The largest absolute Gasteiger partial charge is 0.391 e. The quantitative estimate of drug-likeness (QED) is 0.780. The van der Waals surface area contributed by atoms with Crippen LogP contribution in [-0.2, 0) is 13.1 Å². The summed E-state index contributed by atoms with van der Waals surface area (Å²) >= 11 is 0. The van der Waals surface area contributed by atoms with Gasteiger partial charge in [-0.25, -0.2) is 0 Å². The van der Waals surface area contributed by atoms with Crippen LogP contribution < -0.4 is 0 Å². The van der Waals surface area contributed by atoms with E-state index in [2.05, 4.69) is 29.2 Å². The Kier molecular flexibility index (Phi) is 2.70. The number of nitrogens with zero attached hydrogens (tertiary/aromatic N) is 1. The molecular formula is C14H19NO. The lowest BCUT2D eigenvalue weighted by Crippen LogP contribution is -2.42. The third-order valence-electron chi connectivity index (χ3n) is 4.03. The Morgan fingerprint density at radius 3 is 2.25 bits per heavy atom. The van der Waals surface area contributed by atoms with Gasteiger partial charge in [-0.1, -0.05) is 37.1 Å². The van der Waals surface area contributed by atoms with Gasteiger partial charge in [-0.15, -0.1) is 0 Å². The lowest BCUT2D eigenvalue weighted by Gasteiger charge is -2.34. The first kappa shape index (κ1) is 10.3. The fourth-order valence-electron chi connectivity index (χ4n) is 3.11. The van der Waals surface area contributed by atoms with Gasteiger partial charge in [-0.2, -0.15) is 0 Å². The van der Waals surface area contributed by atoms with E-state index in [0.29, 0.717) is 6.04 Å². The van der Waals surface area contributed by atoms with Gasteiger partial charge in [0.1, 0.15) is 0 Å². The van der Waals surface area contributed by atoms with Gasteiger partial charge in [0.05, 0.1) is 6.10 Å². The zero-order valence-electron chi connectivity index (χ0n) is 9.60. The number of benzene rings is 1. The molecule has 1 aliphatic heterocycles. The monoisotopic (exact) mass is 217 g/mol. The van der Waals surface area contributed by atoms with E-state index >= 15 is 0 Å². The van der Waals surface area contributed by atoms with Crippen LogP contribution in [0.2, 0.25) is 0 Å². The fourth-order valence-corrected chi connectivity index (χ4v) is 3.11. The molecule has 0 radical (unpaired) electrons.